The molecule has 0 aliphatic heterocycles. The van der Waals surface area contributed by atoms with Crippen molar-refractivity contribution in [2.45, 2.75) is 0 Å². The number of rotatable bonds is 0. The van der Waals surface area contributed by atoms with Gasteiger partial charge in [-0.2, -0.15) is 0 Å². The fourth-order valence-electron chi connectivity index (χ4n) is 0. The van der Waals surface area contributed by atoms with Crippen molar-refractivity contribution in [2.75, 3.05) is 0 Å². The van der Waals surface area contributed by atoms with Gasteiger partial charge in [0.25, 0.3) is 0 Å². The van der Waals surface area contributed by atoms with Crippen molar-refractivity contribution >= 4 is 0 Å². The molecule has 0 aromatic rings. The van der Waals surface area contributed by atoms with Crippen LogP contribution >= 0.6 is 0 Å². The van der Waals surface area contributed by atoms with Crippen LogP contribution in [-0.2, 0) is 22.4 Å². The molecule has 4 heavy (non-hydrogen) atoms. The molecule has 0 saturated heterocycles. The Hall–Kier alpha value is 0.190. The average molecular weight is 241 g/mol. The Bertz CT molecular complexity index is 10.8. The van der Waals surface area contributed by atoms with E-state index in [2.05, 4.69) is 0 Å². The van der Waals surface area contributed by atoms with E-state index < -0.39 is 0 Å². The van der Waals surface area contributed by atoms with E-state index in [1.807, 2.05) is 0 Å². The zero-order chi connectivity index (χ0) is 2.00. The third kappa shape index (κ3) is 85.7. The first-order chi connectivity index (χ1) is 1.00. The van der Waals surface area contributed by atoms with Crippen molar-refractivity contribution < 1.29 is 22.4 Å². The first-order valence-electron chi connectivity index (χ1n) is 0.224. The molecule has 0 amide bonds. The van der Waals surface area contributed by atoms with E-state index in [9.17, 15) is 0 Å². The van der Waals surface area contributed by atoms with E-state index in [0.717, 1.165) is 0 Å². The number of hydrogen-bond donors (Lipinski definition) is 1. The van der Waals surface area contributed by atoms with Crippen LogP contribution in [0.15, 0.2) is 0 Å². The maximum atomic E-state index is 6.25. The minimum atomic E-state index is 0. The summed E-state index contributed by atoms with van der Waals surface area (Å²) in [4.78, 5) is 0. The third-order valence-corrected chi connectivity index (χ3v) is 0. The molecule has 3 heteroatoms. The maximum Gasteiger partial charge on any atom is 0 e. The van der Waals surface area contributed by atoms with Gasteiger partial charge in [0, 0.05) is 22.4 Å². The molecule has 1 radical (unpaired) electrons. The molecule has 0 unspecified atom stereocenters. The molecule has 0 spiro atoms. The monoisotopic (exact) mass is 241 g/mol. The van der Waals surface area contributed by atoms with Crippen molar-refractivity contribution in [3.05, 3.63) is 6.57 Å². The van der Waals surface area contributed by atoms with Crippen LogP contribution in [0.2, 0.25) is 0 Å². The molecule has 4 N–H and O–H groups in total. The van der Waals surface area contributed by atoms with E-state index >= 15 is 0 Å². The summed E-state index contributed by atoms with van der Waals surface area (Å²) in [6, 6.07) is 0. The van der Waals surface area contributed by atoms with Gasteiger partial charge in [-0.25, -0.2) is 0 Å². The van der Waals surface area contributed by atoms with Crippen LogP contribution in [0.25, 0.3) is 0 Å². The van der Waals surface area contributed by atoms with Crippen LogP contribution in [0.5, 0.6) is 0 Å². The zero-order valence-electron chi connectivity index (χ0n) is 2.25. The summed E-state index contributed by atoms with van der Waals surface area (Å²) in [5.41, 5.74) is 0. The van der Waals surface area contributed by atoms with Gasteiger partial charge >= 0.3 is 0 Å². The second-order valence-corrected chi connectivity index (χ2v) is 0. The second kappa shape index (κ2) is 423. The van der Waals surface area contributed by atoms with Gasteiger partial charge in [0.1, 0.15) is 0 Å². The molecule has 0 aromatic carbocycles. The predicted octanol–water partition coefficient (Wildman–Crippen LogP) is 0.470. The molecule has 2 nitrogen and oxygen atoms in total. The minimum Gasteiger partial charge on any atom is -0.512 e. The Morgan fingerprint density at radius 1 is 1.25 bits per heavy atom. The van der Waals surface area contributed by atoms with Gasteiger partial charge in [0.2, 0.25) is 0 Å². The summed E-state index contributed by atoms with van der Waals surface area (Å²) in [6.07, 6.45) is 0. The van der Waals surface area contributed by atoms with Crippen LogP contribution < -0.4 is 6.15 Å². The number of quaternary nitrogens is 1. The molecule has 0 aromatic heterocycles. The summed E-state index contributed by atoms with van der Waals surface area (Å²) in [5.74, 6) is 0. The number of nitrogens with zero attached hydrogens (tertiary/aromatic N) is 1. The number of hydrogen-bond acceptors (Lipinski definition) is 1. The second-order valence-electron chi connectivity index (χ2n) is 0. The normalized spacial score (nSPS) is 0.500. The van der Waals surface area contributed by atoms with Crippen molar-refractivity contribution in [1.82, 2.24) is 6.15 Å². The van der Waals surface area contributed by atoms with Gasteiger partial charge < -0.3 is 18.0 Å². The van der Waals surface area contributed by atoms with E-state index in [4.69, 9.17) is 11.8 Å². The fraction of sp³-hybridized carbons (Fsp3) is 0. The van der Waals surface area contributed by atoms with Gasteiger partial charge in [-0.3, -0.25) is 0 Å². The van der Waals surface area contributed by atoms with Crippen LogP contribution in [0.1, 0.15) is 0 Å². The minimum absolute atomic E-state index is 0. The molecule has 0 rings (SSSR count). The van der Waals surface area contributed by atoms with Crippen molar-refractivity contribution in [3.8, 4) is 0 Å². The Labute approximate surface area is 40.9 Å². The molecule has 0 aliphatic rings. The molecule has 0 heterocycles. The van der Waals surface area contributed by atoms with Crippen LogP contribution in [0.3, 0.4) is 0 Å². The SMILES string of the molecule is [Au].[C-]#N.[NH4+]. The van der Waals surface area contributed by atoms with Crippen molar-refractivity contribution in [1.29, 1.82) is 5.26 Å². The summed E-state index contributed by atoms with van der Waals surface area (Å²) < 4.78 is 0. The van der Waals surface area contributed by atoms with E-state index in [0.29, 0.717) is 0 Å². The van der Waals surface area contributed by atoms with E-state index in [1.54, 1.807) is 0 Å². The molecule has 29 valence electrons. The topological polar surface area (TPSA) is 60.3 Å². The Kier molecular flexibility index (Phi) is 3180. The van der Waals surface area contributed by atoms with Crippen LogP contribution in [0, 0.1) is 11.8 Å². The fourth-order valence-corrected chi connectivity index (χ4v) is 0. The Morgan fingerprint density at radius 2 is 1.25 bits per heavy atom. The summed E-state index contributed by atoms with van der Waals surface area (Å²) in [5, 5.41) is 6.25. The molecule has 0 atom stereocenters. The molecular weight excluding hydrogens is 237 g/mol. The van der Waals surface area contributed by atoms with Gasteiger partial charge in [0.05, 0.1) is 0 Å². The first kappa shape index (κ1) is 30.1. The molecule has 0 bridgehead atoms. The molecule has 0 aliphatic carbocycles. The van der Waals surface area contributed by atoms with Gasteiger partial charge in [-0.05, 0) is 0 Å². The Morgan fingerprint density at radius 3 is 1.25 bits per heavy atom. The first-order valence-corrected chi connectivity index (χ1v) is 0.224. The zero-order valence-corrected chi connectivity index (χ0v) is 4.42. The van der Waals surface area contributed by atoms with Gasteiger partial charge in [-0.15, -0.1) is 0 Å². The van der Waals surface area contributed by atoms with Crippen molar-refractivity contribution in [3.63, 3.8) is 0 Å². The van der Waals surface area contributed by atoms with E-state index in [1.165, 1.54) is 0 Å². The van der Waals surface area contributed by atoms with E-state index in [-0.39, 0.29) is 28.5 Å². The summed E-state index contributed by atoms with van der Waals surface area (Å²) in [6.45, 7) is 4.75. The smallest absolute Gasteiger partial charge is 0 e. The maximum absolute atomic E-state index is 6.25. The predicted molar refractivity (Wildman–Crippen MR) is 11.0 cm³/mol. The van der Waals surface area contributed by atoms with Crippen LogP contribution in [0.4, 0.5) is 0 Å². The van der Waals surface area contributed by atoms with Crippen molar-refractivity contribution in [2.24, 2.45) is 0 Å². The standard InChI is InChI=1S/CN.Au.H3N/c1-2;;/h;;1H3/q-1;;/p+1. The molecule has 0 saturated carbocycles. The average Bonchev–Trinajstić information content (AvgIpc) is 1.00. The summed E-state index contributed by atoms with van der Waals surface area (Å²) >= 11 is 0. The third-order valence-electron chi connectivity index (χ3n) is 0. The van der Waals surface area contributed by atoms with Crippen LogP contribution in [-0.4, -0.2) is 0 Å². The Balaban J connectivity index is -0.00000000500. The van der Waals surface area contributed by atoms with Gasteiger partial charge in [-0.1, -0.05) is 0 Å². The summed E-state index contributed by atoms with van der Waals surface area (Å²) in [7, 11) is 0. The van der Waals surface area contributed by atoms with Gasteiger partial charge in [0.15, 0.2) is 0 Å². The molecular formula is CH4AuN2. The quantitative estimate of drug-likeness (QED) is 0.486. The largest absolute Gasteiger partial charge is 0.512 e. The molecule has 0 fully saturated rings.